The summed E-state index contributed by atoms with van der Waals surface area (Å²) in [4.78, 5) is 4.41. The third-order valence-electron chi connectivity index (χ3n) is 3.46. The van der Waals surface area contributed by atoms with Crippen LogP contribution in [0.5, 0.6) is 0 Å². The predicted octanol–water partition coefficient (Wildman–Crippen LogP) is 3.37. The average Bonchev–Trinajstić information content (AvgIpc) is 2.96. The summed E-state index contributed by atoms with van der Waals surface area (Å²) < 4.78 is 28.2. The van der Waals surface area contributed by atoms with Gasteiger partial charge in [0.15, 0.2) is 5.16 Å². The number of imidazole rings is 1. The molecule has 2 aromatic carbocycles. The minimum atomic E-state index is -1.16. The van der Waals surface area contributed by atoms with Gasteiger partial charge >= 0.3 is 0 Å². The summed E-state index contributed by atoms with van der Waals surface area (Å²) in [6.07, 6.45) is 0.509. The van der Waals surface area contributed by atoms with Crippen LogP contribution < -0.4 is 5.84 Å². The molecule has 1 unspecified atom stereocenters. The molecule has 4 nitrogen and oxygen atoms in total. The molecule has 0 fully saturated rings. The maximum atomic E-state index is 13.7. The maximum Gasteiger partial charge on any atom is 0.187 e. The topological polar surface area (TPSA) is 64.1 Å². The molecule has 3 rings (SSSR count). The van der Waals surface area contributed by atoms with Crippen LogP contribution in [-0.2, 0) is 0 Å². The summed E-state index contributed by atoms with van der Waals surface area (Å²) in [6.45, 7) is 0. The van der Waals surface area contributed by atoms with E-state index in [4.69, 9.17) is 5.84 Å². The number of aliphatic hydroxyl groups is 1. The molecule has 0 amide bonds. The number of aliphatic hydroxyl groups excluding tert-OH is 1. The first-order valence-electron chi connectivity index (χ1n) is 7.20. The first kappa shape index (κ1) is 16.5. The lowest BCUT2D eigenvalue weighted by atomic mass is 10.1. The number of thioether (sulfide) groups is 1. The smallest absolute Gasteiger partial charge is 0.187 e. The molecule has 3 N–H and O–H groups in total. The Hall–Kier alpha value is -2.38. The number of nitrogens with two attached hydrogens (primary N) is 1. The second-order valence-corrected chi connectivity index (χ2v) is 6.16. The van der Waals surface area contributed by atoms with Gasteiger partial charge in [-0.25, -0.2) is 18.4 Å². The second-order valence-electron chi connectivity index (χ2n) is 5.17. The molecule has 0 saturated carbocycles. The van der Waals surface area contributed by atoms with E-state index in [1.165, 1.54) is 16.4 Å². The van der Waals surface area contributed by atoms with Crippen molar-refractivity contribution < 1.29 is 13.9 Å². The Kier molecular flexibility index (Phi) is 4.82. The number of nitrogens with zero attached hydrogens (tertiary/aromatic N) is 2. The number of benzene rings is 2. The predicted molar refractivity (Wildman–Crippen MR) is 89.9 cm³/mol. The summed E-state index contributed by atoms with van der Waals surface area (Å²) in [7, 11) is 0. The third-order valence-corrected chi connectivity index (χ3v) is 4.50. The Morgan fingerprint density at radius 1 is 1.17 bits per heavy atom. The molecular weight excluding hydrogens is 332 g/mol. The molecule has 1 heterocycles. The van der Waals surface area contributed by atoms with Crippen LogP contribution in [-0.4, -0.2) is 20.5 Å². The van der Waals surface area contributed by atoms with Crippen LogP contribution in [0.15, 0.2) is 59.9 Å². The van der Waals surface area contributed by atoms with Crippen molar-refractivity contribution in [2.75, 3.05) is 11.6 Å². The Morgan fingerprint density at radius 3 is 2.67 bits per heavy atom. The van der Waals surface area contributed by atoms with Crippen molar-refractivity contribution in [2.45, 2.75) is 11.3 Å². The van der Waals surface area contributed by atoms with Gasteiger partial charge in [0, 0.05) is 16.9 Å². The highest BCUT2D eigenvalue weighted by molar-refractivity contribution is 7.99. The number of rotatable bonds is 5. The van der Waals surface area contributed by atoms with Crippen LogP contribution in [0.2, 0.25) is 0 Å². The van der Waals surface area contributed by atoms with E-state index in [1.54, 1.807) is 6.20 Å². The van der Waals surface area contributed by atoms with Crippen molar-refractivity contribution in [1.29, 1.82) is 0 Å². The second kappa shape index (κ2) is 7.02. The van der Waals surface area contributed by atoms with Gasteiger partial charge in [-0.2, -0.15) is 0 Å². The molecule has 124 valence electrons. The molecule has 0 bridgehead atoms. The van der Waals surface area contributed by atoms with Crippen molar-refractivity contribution in [3.8, 4) is 11.3 Å². The summed E-state index contributed by atoms with van der Waals surface area (Å²) in [5.74, 6) is 4.73. The Labute approximate surface area is 141 Å². The van der Waals surface area contributed by atoms with Gasteiger partial charge in [0.2, 0.25) is 0 Å². The van der Waals surface area contributed by atoms with Gasteiger partial charge in [0.1, 0.15) is 11.6 Å². The Balaban J connectivity index is 1.73. The molecule has 0 saturated heterocycles. The van der Waals surface area contributed by atoms with Crippen LogP contribution in [0.3, 0.4) is 0 Å². The van der Waals surface area contributed by atoms with Gasteiger partial charge in [0.25, 0.3) is 0 Å². The van der Waals surface area contributed by atoms with E-state index in [0.717, 1.165) is 23.8 Å². The van der Waals surface area contributed by atoms with E-state index in [9.17, 15) is 13.9 Å². The van der Waals surface area contributed by atoms with Gasteiger partial charge in [-0.3, -0.25) is 0 Å². The van der Waals surface area contributed by atoms with Crippen LogP contribution in [0, 0.1) is 11.6 Å². The lowest BCUT2D eigenvalue weighted by molar-refractivity contribution is 0.198. The highest BCUT2D eigenvalue weighted by Crippen LogP contribution is 2.27. The van der Waals surface area contributed by atoms with Gasteiger partial charge < -0.3 is 10.9 Å². The normalized spacial score (nSPS) is 12.3. The highest BCUT2D eigenvalue weighted by Gasteiger charge is 2.16. The van der Waals surface area contributed by atoms with Crippen molar-refractivity contribution in [1.82, 2.24) is 9.66 Å². The van der Waals surface area contributed by atoms with Crippen molar-refractivity contribution in [3.05, 3.63) is 71.9 Å². The van der Waals surface area contributed by atoms with Gasteiger partial charge in [-0.1, -0.05) is 42.1 Å². The molecule has 0 spiro atoms. The fraction of sp³-hybridized carbons (Fsp3) is 0.118. The zero-order valence-electron chi connectivity index (χ0n) is 12.6. The zero-order valence-corrected chi connectivity index (χ0v) is 13.4. The van der Waals surface area contributed by atoms with Crippen LogP contribution in [0.25, 0.3) is 11.3 Å². The van der Waals surface area contributed by atoms with Gasteiger partial charge in [-0.15, -0.1) is 0 Å². The van der Waals surface area contributed by atoms with Gasteiger partial charge in [0.05, 0.1) is 18.0 Å². The molecule has 0 aliphatic rings. The number of hydrogen-bond donors (Lipinski definition) is 2. The van der Waals surface area contributed by atoms with E-state index >= 15 is 0 Å². The van der Waals surface area contributed by atoms with E-state index in [1.807, 2.05) is 30.3 Å². The zero-order chi connectivity index (χ0) is 17.1. The molecule has 0 aliphatic heterocycles. The van der Waals surface area contributed by atoms with E-state index in [0.29, 0.717) is 10.9 Å². The van der Waals surface area contributed by atoms with E-state index in [-0.39, 0.29) is 11.3 Å². The van der Waals surface area contributed by atoms with Crippen LogP contribution in [0.4, 0.5) is 8.78 Å². The third kappa shape index (κ3) is 3.58. The monoisotopic (exact) mass is 347 g/mol. The molecule has 7 heteroatoms. The first-order chi connectivity index (χ1) is 11.5. The van der Waals surface area contributed by atoms with Crippen molar-refractivity contribution in [3.63, 3.8) is 0 Å². The average molecular weight is 347 g/mol. The summed E-state index contributed by atoms with van der Waals surface area (Å²) in [5, 5.41) is 10.6. The minimum Gasteiger partial charge on any atom is -0.387 e. The van der Waals surface area contributed by atoms with Crippen molar-refractivity contribution in [2.24, 2.45) is 0 Å². The van der Waals surface area contributed by atoms with Crippen LogP contribution in [0.1, 0.15) is 11.7 Å². The van der Waals surface area contributed by atoms with E-state index in [2.05, 4.69) is 4.98 Å². The number of nitrogen functional groups attached to an aromatic ring is 1. The standard InChI is InChI=1S/C17H15F2N3OS/c18-12-6-7-14(19)13(8-12)16(23)10-24-17-21-15(9-22(17)20)11-4-2-1-3-5-11/h1-9,16,23H,10,20H2. The Bertz CT molecular complexity index is 839. The summed E-state index contributed by atoms with van der Waals surface area (Å²) >= 11 is 1.17. The Morgan fingerprint density at radius 2 is 1.92 bits per heavy atom. The SMILES string of the molecule is Nn1cc(-c2ccccc2)nc1SCC(O)c1cc(F)ccc1F. The van der Waals surface area contributed by atoms with E-state index < -0.39 is 17.7 Å². The van der Waals surface area contributed by atoms with Crippen molar-refractivity contribution >= 4 is 11.8 Å². The lowest BCUT2D eigenvalue weighted by Gasteiger charge is -2.11. The molecule has 0 radical (unpaired) electrons. The summed E-state index contributed by atoms with van der Waals surface area (Å²) in [6, 6.07) is 12.5. The number of hydrogen-bond acceptors (Lipinski definition) is 4. The molecular formula is C17H15F2N3OS. The lowest BCUT2D eigenvalue weighted by Crippen LogP contribution is -2.10. The number of halogens is 2. The molecule has 1 atom stereocenters. The fourth-order valence-electron chi connectivity index (χ4n) is 2.24. The highest BCUT2D eigenvalue weighted by atomic mass is 32.2. The molecule has 24 heavy (non-hydrogen) atoms. The summed E-state index contributed by atoms with van der Waals surface area (Å²) in [5.41, 5.74) is 1.54. The van der Waals surface area contributed by atoms with Crippen LogP contribution >= 0.6 is 11.8 Å². The quantitative estimate of drug-likeness (QED) is 0.549. The minimum absolute atomic E-state index is 0.0825. The maximum absolute atomic E-state index is 13.7. The molecule has 3 aromatic rings. The first-order valence-corrected chi connectivity index (χ1v) is 8.19. The molecule has 0 aliphatic carbocycles. The largest absolute Gasteiger partial charge is 0.387 e. The fourth-order valence-corrected chi connectivity index (χ4v) is 3.10. The molecule has 1 aromatic heterocycles. The number of aromatic nitrogens is 2. The van der Waals surface area contributed by atoms with Gasteiger partial charge in [-0.05, 0) is 18.2 Å².